The molecule has 1 aliphatic rings. The molecule has 1 aromatic carbocycles. The Bertz CT molecular complexity index is 1150. The highest BCUT2D eigenvalue weighted by Gasteiger charge is 2.22. The lowest BCUT2D eigenvalue weighted by Gasteiger charge is -2.36. The number of anilines is 2. The number of rotatable bonds is 3. The minimum absolute atomic E-state index is 0.293. The summed E-state index contributed by atoms with van der Waals surface area (Å²) in [6.07, 6.45) is 5.09. The molecule has 29 heavy (non-hydrogen) atoms. The summed E-state index contributed by atoms with van der Waals surface area (Å²) in [5, 5.41) is 5.12. The quantitative estimate of drug-likeness (QED) is 0.532. The Morgan fingerprint density at radius 2 is 1.72 bits per heavy atom. The molecular weight excluding hydrogens is 371 g/mol. The molecule has 0 aliphatic carbocycles. The van der Waals surface area contributed by atoms with Crippen molar-refractivity contribution in [1.82, 2.24) is 29.7 Å². The second-order valence-corrected chi connectivity index (χ2v) is 6.92. The zero-order chi connectivity index (χ0) is 19.8. The van der Waals surface area contributed by atoms with E-state index < -0.39 is 0 Å². The summed E-state index contributed by atoms with van der Waals surface area (Å²) in [7, 11) is 0. The summed E-state index contributed by atoms with van der Waals surface area (Å²) in [5.74, 6) is 2.89. The molecule has 1 saturated heterocycles. The SMILES string of the molecule is Cc1nc(N2CCN(c3ncnc4cc(F)ccc34)CC2)cc(-n2cccn2)n1. The van der Waals surface area contributed by atoms with Crippen LogP contribution in [0.4, 0.5) is 16.0 Å². The van der Waals surface area contributed by atoms with E-state index in [2.05, 4.69) is 34.8 Å². The predicted molar refractivity (Wildman–Crippen MR) is 108 cm³/mol. The fourth-order valence-electron chi connectivity index (χ4n) is 3.64. The third kappa shape index (κ3) is 3.35. The van der Waals surface area contributed by atoms with E-state index in [-0.39, 0.29) is 5.82 Å². The molecule has 5 rings (SSSR count). The first kappa shape index (κ1) is 17.5. The van der Waals surface area contributed by atoms with Gasteiger partial charge in [0.15, 0.2) is 5.82 Å². The van der Waals surface area contributed by atoms with E-state index >= 15 is 0 Å². The number of hydrogen-bond acceptors (Lipinski definition) is 7. The van der Waals surface area contributed by atoms with E-state index in [9.17, 15) is 4.39 Å². The van der Waals surface area contributed by atoms with Gasteiger partial charge in [-0.2, -0.15) is 5.10 Å². The zero-order valence-corrected chi connectivity index (χ0v) is 15.9. The topological polar surface area (TPSA) is 75.9 Å². The monoisotopic (exact) mass is 390 g/mol. The van der Waals surface area contributed by atoms with E-state index in [1.54, 1.807) is 16.9 Å². The first-order valence-electron chi connectivity index (χ1n) is 9.43. The Labute approximate surface area is 166 Å². The smallest absolute Gasteiger partial charge is 0.159 e. The summed E-state index contributed by atoms with van der Waals surface area (Å²) in [6, 6.07) is 8.46. The number of aromatic nitrogens is 6. The van der Waals surface area contributed by atoms with Crippen molar-refractivity contribution in [2.75, 3.05) is 36.0 Å². The van der Waals surface area contributed by atoms with Gasteiger partial charge in [0.1, 0.15) is 29.6 Å². The molecule has 4 heterocycles. The average Bonchev–Trinajstić information content (AvgIpc) is 3.28. The van der Waals surface area contributed by atoms with Gasteiger partial charge in [0.2, 0.25) is 0 Å². The van der Waals surface area contributed by atoms with Crippen LogP contribution in [0.3, 0.4) is 0 Å². The molecule has 0 unspecified atom stereocenters. The molecule has 1 aliphatic heterocycles. The van der Waals surface area contributed by atoms with E-state index in [0.717, 1.165) is 49.0 Å². The number of fused-ring (bicyclic) bond motifs is 1. The first-order chi connectivity index (χ1) is 14.2. The Kier molecular flexibility index (Phi) is 4.27. The van der Waals surface area contributed by atoms with Gasteiger partial charge in [0.05, 0.1) is 5.52 Å². The average molecular weight is 390 g/mol. The summed E-state index contributed by atoms with van der Waals surface area (Å²) < 4.78 is 15.3. The lowest BCUT2D eigenvalue weighted by molar-refractivity contribution is 0.628. The van der Waals surface area contributed by atoms with Gasteiger partial charge < -0.3 is 9.80 Å². The fraction of sp³-hybridized carbons (Fsp3) is 0.250. The van der Waals surface area contributed by atoms with Crippen molar-refractivity contribution in [3.63, 3.8) is 0 Å². The van der Waals surface area contributed by atoms with Crippen LogP contribution in [-0.2, 0) is 0 Å². The lowest BCUT2D eigenvalue weighted by atomic mass is 10.2. The fourth-order valence-corrected chi connectivity index (χ4v) is 3.64. The standard InChI is InChI=1S/C20H19FN8/c1-14-25-18(12-19(26-14)29-6-2-5-24-29)27-7-9-28(10-8-27)20-16-4-3-15(21)11-17(16)22-13-23-20/h2-6,11-13H,7-10H2,1H3. The summed E-state index contributed by atoms with van der Waals surface area (Å²) >= 11 is 0. The van der Waals surface area contributed by atoms with Crippen molar-refractivity contribution in [3.05, 3.63) is 60.7 Å². The molecule has 9 heteroatoms. The zero-order valence-electron chi connectivity index (χ0n) is 15.9. The van der Waals surface area contributed by atoms with Crippen molar-refractivity contribution in [1.29, 1.82) is 0 Å². The summed E-state index contributed by atoms with van der Waals surface area (Å²) in [6.45, 7) is 5.04. The number of benzene rings is 1. The molecule has 0 spiro atoms. The maximum absolute atomic E-state index is 13.5. The van der Waals surface area contributed by atoms with Crippen molar-refractivity contribution in [2.45, 2.75) is 6.92 Å². The number of aryl methyl sites for hydroxylation is 1. The van der Waals surface area contributed by atoms with Crippen molar-refractivity contribution < 1.29 is 4.39 Å². The second-order valence-electron chi connectivity index (χ2n) is 6.92. The van der Waals surface area contributed by atoms with Crippen LogP contribution >= 0.6 is 0 Å². The van der Waals surface area contributed by atoms with Crippen LogP contribution in [0.15, 0.2) is 49.1 Å². The first-order valence-corrected chi connectivity index (χ1v) is 9.43. The molecule has 0 saturated carbocycles. The maximum Gasteiger partial charge on any atom is 0.159 e. The number of hydrogen-bond donors (Lipinski definition) is 0. The highest BCUT2D eigenvalue weighted by molar-refractivity contribution is 5.89. The number of piperazine rings is 1. The largest absolute Gasteiger partial charge is 0.353 e. The van der Waals surface area contributed by atoms with Crippen LogP contribution in [0.1, 0.15) is 5.82 Å². The molecule has 0 N–H and O–H groups in total. The van der Waals surface area contributed by atoms with Crippen LogP contribution in [0.5, 0.6) is 0 Å². The second kappa shape index (κ2) is 7.08. The van der Waals surface area contributed by atoms with Crippen molar-refractivity contribution in [3.8, 4) is 5.82 Å². The highest BCUT2D eigenvalue weighted by Crippen LogP contribution is 2.25. The van der Waals surface area contributed by atoms with Crippen LogP contribution in [0.25, 0.3) is 16.7 Å². The molecular formula is C20H19FN8. The molecule has 0 atom stereocenters. The highest BCUT2D eigenvalue weighted by atomic mass is 19.1. The molecule has 3 aromatic heterocycles. The normalized spacial score (nSPS) is 14.6. The molecule has 146 valence electrons. The Morgan fingerprint density at radius 3 is 2.52 bits per heavy atom. The number of nitrogens with zero attached hydrogens (tertiary/aromatic N) is 8. The Balaban J connectivity index is 1.38. The van der Waals surface area contributed by atoms with E-state index in [1.165, 1.54) is 18.5 Å². The number of halogens is 1. The van der Waals surface area contributed by atoms with Gasteiger partial charge in [0, 0.05) is 56.1 Å². The molecule has 0 bridgehead atoms. The van der Waals surface area contributed by atoms with E-state index in [0.29, 0.717) is 11.3 Å². The van der Waals surface area contributed by atoms with Gasteiger partial charge >= 0.3 is 0 Å². The van der Waals surface area contributed by atoms with Crippen LogP contribution in [-0.4, -0.2) is 55.9 Å². The van der Waals surface area contributed by atoms with Crippen molar-refractivity contribution >= 4 is 22.5 Å². The van der Waals surface area contributed by atoms with Crippen LogP contribution in [0.2, 0.25) is 0 Å². The minimum Gasteiger partial charge on any atom is -0.353 e. The lowest BCUT2D eigenvalue weighted by Crippen LogP contribution is -2.47. The van der Waals surface area contributed by atoms with Gasteiger partial charge in [-0.1, -0.05) is 0 Å². The Morgan fingerprint density at radius 1 is 0.931 bits per heavy atom. The van der Waals surface area contributed by atoms with Crippen molar-refractivity contribution in [2.24, 2.45) is 0 Å². The molecule has 1 fully saturated rings. The van der Waals surface area contributed by atoms with Gasteiger partial charge in [-0.05, 0) is 25.1 Å². The van der Waals surface area contributed by atoms with Gasteiger partial charge in [-0.15, -0.1) is 0 Å². The van der Waals surface area contributed by atoms with E-state index in [1.807, 2.05) is 25.3 Å². The van der Waals surface area contributed by atoms with Gasteiger partial charge in [-0.25, -0.2) is 29.0 Å². The predicted octanol–water partition coefficient (Wildman–Crippen LogP) is 2.38. The maximum atomic E-state index is 13.5. The molecule has 4 aromatic rings. The molecule has 0 amide bonds. The summed E-state index contributed by atoms with van der Waals surface area (Å²) in [5.41, 5.74) is 0.618. The van der Waals surface area contributed by atoms with Gasteiger partial charge in [0.25, 0.3) is 0 Å². The van der Waals surface area contributed by atoms with E-state index in [4.69, 9.17) is 0 Å². The summed E-state index contributed by atoms with van der Waals surface area (Å²) in [4.78, 5) is 22.2. The van der Waals surface area contributed by atoms with Gasteiger partial charge in [-0.3, -0.25) is 0 Å². The Hall–Kier alpha value is -3.62. The molecule has 0 radical (unpaired) electrons. The third-order valence-electron chi connectivity index (χ3n) is 5.03. The third-order valence-corrected chi connectivity index (χ3v) is 5.03. The minimum atomic E-state index is -0.293. The molecule has 8 nitrogen and oxygen atoms in total. The van der Waals surface area contributed by atoms with Crippen LogP contribution in [0, 0.1) is 12.7 Å². The van der Waals surface area contributed by atoms with Crippen LogP contribution < -0.4 is 9.80 Å².